The Hall–Kier alpha value is -1.68. The number of benzene rings is 1. The van der Waals surface area contributed by atoms with Crippen molar-refractivity contribution in [1.29, 1.82) is 0 Å². The minimum Gasteiger partial charge on any atom is -0.491 e. The SMILES string of the molecule is CC(C)Oc1ccccc1CC(=O)Cc1nccs1. The van der Waals surface area contributed by atoms with E-state index in [9.17, 15) is 4.79 Å². The molecule has 0 radical (unpaired) electrons. The Morgan fingerprint density at radius 1 is 1.32 bits per heavy atom. The van der Waals surface area contributed by atoms with Crippen LogP contribution in [-0.2, 0) is 17.6 Å². The van der Waals surface area contributed by atoms with E-state index in [4.69, 9.17) is 4.74 Å². The highest BCUT2D eigenvalue weighted by Crippen LogP contribution is 2.20. The number of carbonyl (C=O) groups is 1. The molecule has 100 valence electrons. The van der Waals surface area contributed by atoms with Gasteiger partial charge < -0.3 is 4.74 Å². The maximum atomic E-state index is 12.0. The van der Waals surface area contributed by atoms with Crippen LogP contribution in [0.5, 0.6) is 5.75 Å². The quantitative estimate of drug-likeness (QED) is 0.812. The summed E-state index contributed by atoms with van der Waals surface area (Å²) >= 11 is 1.51. The lowest BCUT2D eigenvalue weighted by Gasteiger charge is -2.13. The van der Waals surface area contributed by atoms with E-state index in [1.54, 1.807) is 6.20 Å². The van der Waals surface area contributed by atoms with Gasteiger partial charge in [0.1, 0.15) is 11.5 Å². The third-order valence-corrected chi connectivity index (χ3v) is 3.33. The molecule has 0 atom stereocenters. The average Bonchev–Trinajstić information content (AvgIpc) is 2.83. The van der Waals surface area contributed by atoms with Gasteiger partial charge in [-0.2, -0.15) is 0 Å². The van der Waals surface area contributed by atoms with E-state index in [1.807, 2.05) is 43.5 Å². The molecule has 0 bridgehead atoms. The van der Waals surface area contributed by atoms with E-state index in [0.717, 1.165) is 16.3 Å². The van der Waals surface area contributed by atoms with E-state index in [-0.39, 0.29) is 11.9 Å². The molecular weight excluding hydrogens is 258 g/mol. The largest absolute Gasteiger partial charge is 0.491 e. The van der Waals surface area contributed by atoms with Crippen LogP contribution in [0.2, 0.25) is 0 Å². The molecule has 2 aromatic rings. The number of hydrogen-bond acceptors (Lipinski definition) is 4. The summed E-state index contributed by atoms with van der Waals surface area (Å²) in [6.07, 6.45) is 2.62. The number of carbonyl (C=O) groups excluding carboxylic acids is 1. The second kappa shape index (κ2) is 6.48. The van der Waals surface area contributed by atoms with Gasteiger partial charge in [0.05, 0.1) is 17.5 Å². The van der Waals surface area contributed by atoms with Crippen molar-refractivity contribution in [3.8, 4) is 5.75 Å². The molecule has 0 amide bonds. The van der Waals surface area contributed by atoms with Crippen LogP contribution in [0.1, 0.15) is 24.4 Å². The van der Waals surface area contributed by atoms with E-state index >= 15 is 0 Å². The van der Waals surface area contributed by atoms with Crippen molar-refractivity contribution in [3.63, 3.8) is 0 Å². The molecule has 0 aliphatic rings. The van der Waals surface area contributed by atoms with E-state index in [0.29, 0.717) is 12.8 Å². The smallest absolute Gasteiger partial charge is 0.144 e. The molecule has 1 aromatic carbocycles. The lowest BCUT2D eigenvalue weighted by Crippen LogP contribution is -2.11. The van der Waals surface area contributed by atoms with Crippen LogP contribution in [0.15, 0.2) is 35.8 Å². The van der Waals surface area contributed by atoms with Crippen LogP contribution in [0.25, 0.3) is 0 Å². The van der Waals surface area contributed by atoms with Crippen molar-refractivity contribution in [2.24, 2.45) is 0 Å². The second-order valence-corrected chi connectivity index (χ2v) is 5.57. The van der Waals surface area contributed by atoms with E-state index in [2.05, 4.69) is 4.98 Å². The lowest BCUT2D eigenvalue weighted by molar-refractivity contribution is -0.117. The molecule has 4 heteroatoms. The molecule has 0 fully saturated rings. The third kappa shape index (κ3) is 4.17. The Labute approximate surface area is 117 Å². The summed E-state index contributed by atoms with van der Waals surface area (Å²) in [7, 11) is 0. The maximum absolute atomic E-state index is 12.0. The number of ketones is 1. The molecule has 0 N–H and O–H groups in total. The number of nitrogens with zero attached hydrogens (tertiary/aromatic N) is 1. The van der Waals surface area contributed by atoms with Crippen molar-refractivity contribution in [3.05, 3.63) is 46.4 Å². The summed E-state index contributed by atoms with van der Waals surface area (Å²) in [5.41, 5.74) is 0.942. The normalized spacial score (nSPS) is 10.7. The fraction of sp³-hybridized carbons (Fsp3) is 0.333. The molecule has 0 spiro atoms. The number of hydrogen-bond donors (Lipinski definition) is 0. The number of thiazole rings is 1. The first-order valence-corrected chi connectivity index (χ1v) is 7.17. The van der Waals surface area contributed by atoms with Crippen molar-refractivity contribution in [2.45, 2.75) is 32.8 Å². The van der Waals surface area contributed by atoms with Crippen LogP contribution in [0.3, 0.4) is 0 Å². The van der Waals surface area contributed by atoms with Crippen LogP contribution in [-0.4, -0.2) is 16.9 Å². The van der Waals surface area contributed by atoms with Gasteiger partial charge in [0, 0.05) is 23.6 Å². The summed E-state index contributed by atoms with van der Waals surface area (Å²) < 4.78 is 5.72. The van der Waals surface area contributed by atoms with Gasteiger partial charge in [0.15, 0.2) is 0 Å². The highest BCUT2D eigenvalue weighted by atomic mass is 32.1. The van der Waals surface area contributed by atoms with Crippen molar-refractivity contribution in [1.82, 2.24) is 4.98 Å². The number of rotatable bonds is 6. The topological polar surface area (TPSA) is 39.2 Å². The van der Waals surface area contributed by atoms with Gasteiger partial charge in [-0.15, -0.1) is 11.3 Å². The third-order valence-electron chi connectivity index (χ3n) is 2.55. The Kier molecular flexibility index (Phi) is 4.68. The standard InChI is InChI=1S/C15H17NO2S/c1-11(2)18-14-6-4-3-5-12(14)9-13(17)10-15-16-7-8-19-15/h3-8,11H,9-10H2,1-2H3. The first-order valence-electron chi connectivity index (χ1n) is 6.30. The predicted molar refractivity (Wildman–Crippen MR) is 76.7 cm³/mol. The molecule has 1 heterocycles. The second-order valence-electron chi connectivity index (χ2n) is 4.59. The fourth-order valence-electron chi connectivity index (χ4n) is 1.80. The molecule has 0 unspecified atom stereocenters. The van der Waals surface area contributed by atoms with Gasteiger partial charge in [-0.1, -0.05) is 18.2 Å². The first-order chi connectivity index (χ1) is 9.15. The summed E-state index contributed by atoms with van der Waals surface area (Å²) in [6.45, 7) is 3.96. The maximum Gasteiger partial charge on any atom is 0.144 e. The highest BCUT2D eigenvalue weighted by Gasteiger charge is 2.11. The molecule has 0 saturated carbocycles. The minimum atomic E-state index is 0.107. The van der Waals surface area contributed by atoms with Gasteiger partial charge in [-0.3, -0.25) is 4.79 Å². The van der Waals surface area contributed by atoms with Crippen LogP contribution in [0, 0.1) is 0 Å². The summed E-state index contributed by atoms with van der Waals surface area (Å²) in [4.78, 5) is 16.2. The highest BCUT2D eigenvalue weighted by molar-refractivity contribution is 7.09. The molecular formula is C15H17NO2S. The van der Waals surface area contributed by atoms with E-state index < -0.39 is 0 Å². The van der Waals surface area contributed by atoms with Gasteiger partial charge in [0.2, 0.25) is 0 Å². The zero-order valence-corrected chi connectivity index (χ0v) is 11.9. The van der Waals surface area contributed by atoms with Crippen molar-refractivity contribution in [2.75, 3.05) is 0 Å². The zero-order chi connectivity index (χ0) is 13.7. The molecule has 0 aliphatic carbocycles. The van der Waals surface area contributed by atoms with E-state index in [1.165, 1.54) is 11.3 Å². The van der Waals surface area contributed by atoms with Gasteiger partial charge in [0.25, 0.3) is 0 Å². The predicted octanol–water partition coefficient (Wildman–Crippen LogP) is 3.28. The molecule has 3 nitrogen and oxygen atoms in total. The summed E-state index contributed by atoms with van der Waals surface area (Å²) in [5.74, 6) is 0.958. The molecule has 0 saturated heterocycles. The van der Waals surface area contributed by atoms with Gasteiger partial charge in [-0.05, 0) is 19.9 Å². The monoisotopic (exact) mass is 275 g/mol. The Morgan fingerprint density at radius 3 is 2.79 bits per heavy atom. The number of para-hydroxylation sites is 1. The van der Waals surface area contributed by atoms with Crippen LogP contribution >= 0.6 is 11.3 Å². The van der Waals surface area contributed by atoms with Crippen LogP contribution < -0.4 is 4.74 Å². The molecule has 2 rings (SSSR count). The Balaban J connectivity index is 2.04. The molecule has 0 aliphatic heterocycles. The Morgan fingerprint density at radius 2 is 2.11 bits per heavy atom. The summed E-state index contributed by atoms with van der Waals surface area (Å²) in [6, 6.07) is 7.70. The van der Waals surface area contributed by atoms with Gasteiger partial charge in [-0.25, -0.2) is 4.98 Å². The average molecular weight is 275 g/mol. The lowest BCUT2D eigenvalue weighted by atomic mass is 10.1. The fourth-order valence-corrected chi connectivity index (χ4v) is 2.45. The number of ether oxygens (including phenoxy) is 1. The minimum absolute atomic E-state index is 0.107. The number of aromatic nitrogens is 1. The molecule has 19 heavy (non-hydrogen) atoms. The Bertz CT molecular complexity index is 535. The van der Waals surface area contributed by atoms with Crippen LogP contribution in [0.4, 0.5) is 0 Å². The first kappa shape index (κ1) is 13.7. The van der Waals surface area contributed by atoms with Crippen molar-refractivity contribution >= 4 is 17.1 Å². The van der Waals surface area contributed by atoms with Gasteiger partial charge >= 0.3 is 0 Å². The molecule has 1 aromatic heterocycles. The van der Waals surface area contributed by atoms with Crippen molar-refractivity contribution < 1.29 is 9.53 Å². The number of Topliss-reactive ketones (excluding diaryl/α,β-unsaturated/α-hetero) is 1. The zero-order valence-electron chi connectivity index (χ0n) is 11.1. The summed E-state index contributed by atoms with van der Waals surface area (Å²) in [5, 5.41) is 2.76.